The number of benzene rings is 1. The number of aromatic nitrogens is 1. The number of methoxy groups -OCH3 is 1. The van der Waals surface area contributed by atoms with E-state index < -0.39 is 0 Å². The molecular formula is C21H23N3O4S. The first-order valence-corrected chi connectivity index (χ1v) is 9.76. The van der Waals surface area contributed by atoms with Gasteiger partial charge in [-0.2, -0.15) is 5.10 Å². The molecule has 0 bridgehead atoms. The monoisotopic (exact) mass is 413 g/mol. The number of hydrazone groups is 1. The molecule has 0 atom stereocenters. The minimum Gasteiger partial charge on any atom is -0.493 e. The molecule has 0 saturated heterocycles. The number of thiazole rings is 1. The Labute approximate surface area is 174 Å². The molecule has 152 valence electrons. The van der Waals surface area contributed by atoms with Crippen LogP contribution in [0.2, 0.25) is 0 Å². The number of allylic oxidation sites excluding steroid dienone is 1. The number of carbonyl (C=O) groups excluding carboxylic acids is 1. The number of hydrogen-bond donors (Lipinski definition) is 1. The molecule has 0 aliphatic heterocycles. The van der Waals surface area contributed by atoms with Gasteiger partial charge in [-0.1, -0.05) is 12.0 Å². The third kappa shape index (κ3) is 6.66. The van der Waals surface area contributed by atoms with Crippen molar-refractivity contribution in [2.75, 3.05) is 25.7 Å². The lowest BCUT2D eigenvalue weighted by Crippen LogP contribution is -2.07. The van der Waals surface area contributed by atoms with Crippen LogP contribution in [0.15, 0.2) is 35.3 Å². The maximum Gasteiger partial charge on any atom is 0.311 e. The fourth-order valence-electron chi connectivity index (χ4n) is 2.46. The van der Waals surface area contributed by atoms with Gasteiger partial charge < -0.3 is 14.2 Å². The molecule has 29 heavy (non-hydrogen) atoms. The summed E-state index contributed by atoms with van der Waals surface area (Å²) in [6.45, 7) is 6.04. The first kappa shape index (κ1) is 22.0. The van der Waals surface area contributed by atoms with Gasteiger partial charge in [0, 0.05) is 10.9 Å². The highest BCUT2D eigenvalue weighted by molar-refractivity contribution is 7.13. The maximum absolute atomic E-state index is 11.5. The molecule has 0 spiro atoms. The molecule has 0 aliphatic rings. The summed E-state index contributed by atoms with van der Waals surface area (Å²) in [6.07, 6.45) is 9.44. The van der Waals surface area contributed by atoms with E-state index in [-0.39, 0.29) is 19.0 Å². The van der Waals surface area contributed by atoms with E-state index in [0.717, 1.165) is 11.1 Å². The number of rotatable bonds is 11. The van der Waals surface area contributed by atoms with Crippen LogP contribution in [0.4, 0.5) is 5.13 Å². The Morgan fingerprint density at radius 1 is 1.48 bits per heavy atom. The summed E-state index contributed by atoms with van der Waals surface area (Å²) >= 11 is 1.35. The molecule has 1 N–H and O–H groups in total. The summed E-state index contributed by atoms with van der Waals surface area (Å²) in [6, 6.07) is 3.73. The van der Waals surface area contributed by atoms with Gasteiger partial charge in [0.1, 0.15) is 6.61 Å². The molecule has 0 unspecified atom stereocenters. The van der Waals surface area contributed by atoms with Crippen molar-refractivity contribution in [1.29, 1.82) is 0 Å². The summed E-state index contributed by atoms with van der Waals surface area (Å²) in [5.41, 5.74) is 5.20. The highest BCUT2D eigenvalue weighted by atomic mass is 32.1. The maximum atomic E-state index is 11.5. The van der Waals surface area contributed by atoms with Crippen LogP contribution >= 0.6 is 11.3 Å². The van der Waals surface area contributed by atoms with E-state index in [1.165, 1.54) is 11.3 Å². The van der Waals surface area contributed by atoms with Gasteiger partial charge in [0.05, 0.1) is 32.0 Å². The smallest absolute Gasteiger partial charge is 0.311 e. The second-order valence-corrected chi connectivity index (χ2v) is 6.55. The molecular weight excluding hydrogens is 390 g/mol. The van der Waals surface area contributed by atoms with Gasteiger partial charge in [-0.15, -0.1) is 24.3 Å². The van der Waals surface area contributed by atoms with Crippen LogP contribution in [0.3, 0.4) is 0 Å². The van der Waals surface area contributed by atoms with E-state index in [1.807, 2.05) is 6.07 Å². The number of ether oxygens (including phenoxy) is 3. The third-order valence-electron chi connectivity index (χ3n) is 3.59. The summed E-state index contributed by atoms with van der Waals surface area (Å²) < 4.78 is 16.0. The molecule has 1 aromatic carbocycles. The van der Waals surface area contributed by atoms with Crippen molar-refractivity contribution in [3.05, 3.63) is 47.0 Å². The molecule has 1 aromatic heterocycles. The zero-order chi connectivity index (χ0) is 21.1. The van der Waals surface area contributed by atoms with Crippen molar-refractivity contribution < 1.29 is 19.0 Å². The lowest BCUT2D eigenvalue weighted by molar-refractivity contribution is -0.142. The molecule has 0 fully saturated rings. The fraction of sp³-hybridized carbons (Fsp3) is 0.286. The van der Waals surface area contributed by atoms with Crippen LogP contribution in [0.1, 0.15) is 23.7 Å². The standard InChI is InChI=1S/C21H23N3O4S/c1-5-8-16-10-15(11-18(26-4)20(16)28-9-6-2)13-22-24-21-23-17(14-29-21)12-19(25)27-7-3/h2,5,10-11,13-14H,1,7-9,12H2,3-4H3,(H,23,24). The summed E-state index contributed by atoms with van der Waals surface area (Å²) in [5.74, 6) is 3.30. The number of terminal acetylenes is 1. The van der Waals surface area contributed by atoms with Crippen LogP contribution in [-0.4, -0.2) is 37.5 Å². The van der Waals surface area contributed by atoms with Crippen molar-refractivity contribution in [2.24, 2.45) is 5.10 Å². The molecule has 0 saturated carbocycles. The van der Waals surface area contributed by atoms with Gasteiger partial charge in [0.15, 0.2) is 11.5 Å². The highest BCUT2D eigenvalue weighted by Gasteiger charge is 2.12. The first-order valence-electron chi connectivity index (χ1n) is 8.88. The number of hydrogen-bond acceptors (Lipinski definition) is 8. The number of anilines is 1. The first-order chi connectivity index (χ1) is 14.1. The summed E-state index contributed by atoms with van der Waals surface area (Å²) in [4.78, 5) is 15.8. The third-order valence-corrected chi connectivity index (χ3v) is 4.39. The van der Waals surface area contributed by atoms with E-state index in [0.29, 0.717) is 35.4 Å². The average Bonchev–Trinajstić information content (AvgIpc) is 3.14. The lowest BCUT2D eigenvalue weighted by Gasteiger charge is -2.14. The van der Waals surface area contributed by atoms with Crippen molar-refractivity contribution in [2.45, 2.75) is 19.8 Å². The number of nitrogens with zero attached hydrogens (tertiary/aromatic N) is 2. The molecule has 0 aliphatic carbocycles. The normalized spacial score (nSPS) is 10.4. The van der Waals surface area contributed by atoms with Gasteiger partial charge in [0.25, 0.3) is 0 Å². The summed E-state index contributed by atoms with van der Waals surface area (Å²) in [5, 5.41) is 6.58. The zero-order valence-corrected chi connectivity index (χ0v) is 17.3. The number of carbonyl (C=O) groups is 1. The van der Waals surface area contributed by atoms with Gasteiger partial charge in [-0.3, -0.25) is 10.2 Å². The zero-order valence-electron chi connectivity index (χ0n) is 16.4. The largest absolute Gasteiger partial charge is 0.493 e. The Hall–Kier alpha value is -3.31. The van der Waals surface area contributed by atoms with Crippen LogP contribution in [-0.2, 0) is 22.4 Å². The number of nitrogens with one attached hydrogen (secondary N) is 1. The Kier molecular flexibility index (Phi) is 8.73. The van der Waals surface area contributed by atoms with E-state index in [1.54, 1.807) is 37.8 Å². The van der Waals surface area contributed by atoms with Gasteiger partial charge in [0.2, 0.25) is 5.13 Å². The Morgan fingerprint density at radius 3 is 3.00 bits per heavy atom. The topological polar surface area (TPSA) is 82.0 Å². The summed E-state index contributed by atoms with van der Waals surface area (Å²) in [7, 11) is 1.57. The lowest BCUT2D eigenvalue weighted by atomic mass is 10.1. The SMILES string of the molecule is C#CCOc1c(CC=C)cc(C=NNc2nc(CC(=O)OCC)cs2)cc1OC. The van der Waals surface area contributed by atoms with Gasteiger partial charge in [-0.05, 0) is 31.0 Å². The van der Waals surface area contributed by atoms with Crippen LogP contribution < -0.4 is 14.9 Å². The Bertz CT molecular complexity index is 915. The van der Waals surface area contributed by atoms with Crippen LogP contribution in [0.5, 0.6) is 11.5 Å². The van der Waals surface area contributed by atoms with Crippen molar-refractivity contribution in [1.82, 2.24) is 4.98 Å². The molecule has 8 heteroatoms. The molecule has 1 heterocycles. The highest BCUT2D eigenvalue weighted by Crippen LogP contribution is 2.33. The molecule has 7 nitrogen and oxygen atoms in total. The van der Waals surface area contributed by atoms with Crippen molar-refractivity contribution >= 4 is 28.7 Å². The predicted molar refractivity (Wildman–Crippen MR) is 115 cm³/mol. The molecule has 2 rings (SSSR count). The predicted octanol–water partition coefficient (Wildman–Crippen LogP) is 3.44. The van der Waals surface area contributed by atoms with E-state index in [9.17, 15) is 4.79 Å². The fourth-order valence-corrected chi connectivity index (χ4v) is 3.12. The number of esters is 1. The van der Waals surface area contributed by atoms with Crippen LogP contribution in [0.25, 0.3) is 0 Å². The Morgan fingerprint density at radius 2 is 2.31 bits per heavy atom. The van der Waals surface area contributed by atoms with E-state index >= 15 is 0 Å². The minimum atomic E-state index is -0.304. The Balaban J connectivity index is 2.11. The molecule has 0 radical (unpaired) electrons. The second kappa shape index (κ2) is 11.5. The molecule has 2 aromatic rings. The van der Waals surface area contributed by atoms with E-state index in [4.69, 9.17) is 20.6 Å². The van der Waals surface area contributed by atoms with Crippen molar-refractivity contribution in [3.8, 4) is 23.8 Å². The van der Waals surface area contributed by atoms with Crippen LogP contribution in [0, 0.1) is 12.3 Å². The minimum absolute atomic E-state index is 0.136. The molecule has 0 amide bonds. The van der Waals surface area contributed by atoms with Crippen molar-refractivity contribution in [3.63, 3.8) is 0 Å². The van der Waals surface area contributed by atoms with E-state index in [2.05, 4.69) is 28.0 Å². The quantitative estimate of drug-likeness (QED) is 0.200. The average molecular weight is 413 g/mol. The second-order valence-electron chi connectivity index (χ2n) is 5.69. The van der Waals surface area contributed by atoms with Gasteiger partial charge >= 0.3 is 5.97 Å². The van der Waals surface area contributed by atoms with Gasteiger partial charge in [-0.25, -0.2) is 4.98 Å².